The minimum absolute atomic E-state index is 0. The molecule has 0 bridgehead atoms. The van der Waals surface area contributed by atoms with E-state index < -0.39 is 8.03 Å². The van der Waals surface area contributed by atoms with Crippen molar-refractivity contribution in [3.05, 3.63) is 29.8 Å². The molecule has 0 aliphatic rings. The fourth-order valence-electron chi connectivity index (χ4n) is 0.802. The molecule has 54 valence electrons. The van der Waals surface area contributed by atoms with Crippen LogP contribution in [0.5, 0.6) is 0 Å². The van der Waals surface area contributed by atoms with Crippen LogP contribution in [0, 0.1) is 6.92 Å². The van der Waals surface area contributed by atoms with Crippen LogP contribution >= 0.6 is 8.03 Å². The van der Waals surface area contributed by atoms with Crippen molar-refractivity contribution in [3.8, 4) is 0 Å². The van der Waals surface area contributed by atoms with Crippen LogP contribution in [0.25, 0.3) is 0 Å². The van der Waals surface area contributed by atoms with Gasteiger partial charge in [-0.15, -0.1) is 0 Å². The summed E-state index contributed by atoms with van der Waals surface area (Å²) in [6, 6.07) is 6.95. The first-order valence-corrected chi connectivity index (χ1v) is 4.30. The van der Waals surface area contributed by atoms with Crippen molar-refractivity contribution in [2.75, 3.05) is 0 Å². The quantitative estimate of drug-likeness (QED) is 0.351. The average molecular weight is 178 g/mol. The van der Waals surface area contributed by atoms with Gasteiger partial charge in [0.25, 0.3) is 0 Å². The Labute approximate surface area is 88.8 Å². The third-order valence-electron chi connectivity index (χ3n) is 1.36. The zero-order valence-corrected chi connectivity index (χ0v) is 9.63. The molecule has 0 aromatic heterocycles. The first kappa shape index (κ1) is 11.4. The van der Waals surface area contributed by atoms with Crippen LogP contribution in [0.4, 0.5) is 0 Å². The van der Waals surface area contributed by atoms with Crippen molar-refractivity contribution < 1.29 is 39.0 Å². The van der Waals surface area contributed by atoms with Crippen LogP contribution < -0.4 is 39.8 Å². The van der Waals surface area contributed by atoms with Crippen LogP contribution in [0.15, 0.2) is 24.3 Å². The summed E-state index contributed by atoms with van der Waals surface area (Å²) in [5.74, 6) is 0. The Balaban J connectivity index is 0.000001000. The van der Waals surface area contributed by atoms with E-state index in [0.717, 1.165) is 5.56 Å². The molecule has 1 aromatic carbocycles. The smallest absolute Gasteiger partial charge is 0.798 e. The molecule has 0 saturated carbocycles. The fraction of sp³-hybridized carbons (Fsp3) is 0.143. The molecule has 11 heavy (non-hydrogen) atoms. The van der Waals surface area contributed by atoms with Crippen molar-refractivity contribution in [1.82, 2.24) is 0 Å². The van der Waals surface area contributed by atoms with Crippen molar-refractivity contribution in [2.45, 2.75) is 6.92 Å². The van der Waals surface area contributed by atoms with Crippen LogP contribution in [0.2, 0.25) is 0 Å². The van der Waals surface area contributed by atoms with Crippen LogP contribution in [0.1, 0.15) is 5.56 Å². The molecule has 0 radical (unpaired) electrons. The van der Waals surface area contributed by atoms with Gasteiger partial charge in [-0.05, 0) is 17.8 Å². The first-order chi connectivity index (χ1) is 4.72. The molecule has 0 aliphatic carbocycles. The van der Waals surface area contributed by atoms with Crippen molar-refractivity contribution in [2.24, 2.45) is 0 Å². The predicted molar refractivity (Wildman–Crippen MR) is 39.8 cm³/mol. The Hall–Kier alpha value is 0.410. The topological polar surface area (TPSA) is 40.1 Å². The monoisotopic (exact) mass is 178 g/mol. The van der Waals surface area contributed by atoms with E-state index in [4.69, 9.17) is 0 Å². The molecule has 0 saturated heterocycles. The van der Waals surface area contributed by atoms with Gasteiger partial charge in [0.2, 0.25) is 0 Å². The Bertz CT molecular complexity index is 262. The van der Waals surface area contributed by atoms with E-state index in [9.17, 15) is 9.46 Å². The maximum Gasteiger partial charge on any atom is 1.00 e. The molecule has 1 unspecified atom stereocenters. The second kappa shape index (κ2) is 5.13. The largest absolute Gasteiger partial charge is 1.00 e. The van der Waals surface area contributed by atoms with Crippen molar-refractivity contribution >= 4 is 13.3 Å². The Kier molecular flexibility index (Phi) is 5.32. The van der Waals surface area contributed by atoms with Gasteiger partial charge in [0, 0.05) is 8.03 Å². The van der Waals surface area contributed by atoms with Gasteiger partial charge in [0.15, 0.2) is 0 Å². The Morgan fingerprint density at radius 2 is 1.91 bits per heavy atom. The summed E-state index contributed by atoms with van der Waals surface area (Å²) in [5.41, 5.74) is 0.821. The van der Waals surface area contributed by atoms with Crippen LogP contribution in [0.3, 0.4) is 0 Å². The molecule has 1 aromatic rings. The molecule has 2 nitrogen and oxygen atoms in total. The van der Waals surface area contributed by atoms with Gasteiger partial charge in [-0.3, -0.25) is 0 Å². The van der Waals surface area contributed by atoms with Gasteiger partial charge >= 0.3 is 29.6 Å². The SMILES string of the molecule is Cc1ccccc1[PH](=O)[O-].[Na+]. The number of hydrogen-bond acceptors (Lipinski definition) is 2. The average Bonchev–Trinajstić information content (AvgIpc) is 1.88. The minimum Gasteiger partial charge on any atom is -0.798 e. The molecule has 0 spiro atoms. The van der Waals surface area contributed by atoms with E-state index >= 15 is 0 Å². The van der Waals surface area contributed by atoms with Crippen molar-refractivity contribution in [1.29, 1.82) is 0 Å². The standard InChI is InChI=1S/C7H9O2P.Na/c1-6-4-2-3-5-7(6)10(8)9;/h2-5,10H,1H3,(H,8,9);/q;+1/p-1. The van der Waals surface area contributed by atoms with Gasteiger partial charge in [-0.2, -0.15) is 0 Å². The molecule has 1 rings (SSSR count). The molecule has 0 amide bonds. The van der Waals surface area contributed by atoms with Crippen LogP contribution in [-0.4, -0.2) is 0 Å². The van der Waals surface area contributed by atoms with Gasteiger partial charge in [-0.1, -0.05) is 24.3 Å². The predicted octanol–water partition coefficient (Wildman–Crippen LogP) is -2.54. The molecule has 0 aliphatic heterocycles. The molecule has 0 N–H and O–H groups in total. The normalized spacial score (nSPS) is 11.8. The van der Waals surface area contributed by atoms with Gasteiger partial charge < -0.3 is 9.46 Å². The summed E-state index contributed by atoms with van der Waals surface area (Å²) in [7, 11) is -2.74. The second-order valence-corrected chi connectivity index (χ2v) is 3.22. The van der Waals surface area contributed by atoms with E-state index in [0.29, 0.717) is 5.30 Å². The molecule has 0 heterocycles. The summed E-state index contributed by atoms with van der Waals surface area (Å²) in [5, 5.41) is 0.451. The van der Waals surface area contributed by atoms with Gasteiger partial charge in [-0.25, -0.2) is 0 Å². The second-order valence-electron chi connectivity index (χ2n) is 2.10. The van der Waals surface area contributed by atoms with E-state index in [1.54, 1.807) is 25.1 Å². The third kappa shape index (κ3) is 3.10. The molecular weight excluding hydrogens is 170 g/mol. The Morgan fingerprint density at radius 3 is 2.27 bits per heavy atom. The number of hydrogen-bond donors (Lipinski definition) is 0. The van der Waals surface area contributed by atoms with E-state index in [2.05, 4.69) is 0 Å². The van der Waals surface area contributed by atoms with Gasteiger partial charge in [0.05, 0.1) is 0 Å². The summed E-state index contributed by atoms with van der Waals surface area (Å²) in [6.45, 7) is 1.79. The summed E-state index contributed by atoms with van der Waals surface area (Å²) < 4.78 is 10.5. The van der Waals surface area contributed by atoms with Crippen molar-refractivity contribution in [3.63, 3.8) is 0 Å². The summed E-state index contributed by atoms with van der Waals surface area (Å²) in [4.78, 5) is 10.5. The molecule has 0 fully saturated rings. The summed E-state index contributed by atoms with van der Waals surface area (Å²) in [6.07, 6.45) is 0. The zero-order chi connectivity index (χ0) is 7.56. The van der Waals surface area contributed by atoms with Crippen LogP contribution in [-0.2, 0) is 4.57 Å². The first-order valence-electron chi connectivity index (χ1n) is 2.99. The third-order valence-corrected chi connectivity index (χ3v) is 2.37. The molecular formula is C7H8NaO2P. The Morgan fingerprint density at radius 1 is 1.36 bits per heavy atom. The number of aryl methyl sites for hydroxylation is 1. The minimum atomic E-state index is -2.74. The number of rotatable bonds is 1. The van der Waals surface area contributed by atoms with E-state index in [1.807, 2.05) is 6.07 Å². The maximum atomic E-state index is 10.5. The fourth-order valence-corrected chi connectivity index (χ4v) is 1.44. The van der Waals surface area contributed by atoms with E-state index in [-0.39, 0.29) is 29.6 Å². The number of benzene rings is 1. The molecule has 1 atom stereocenters. The van der Waals surface area contributed by atoms with E-state index in [1.165, 1.54) is 0 Å². The molecule has 4 heteroatoms. The maximum absolute atomic E-state index is 10.5. The zero-order valence-electron chi connectivity index (χ0n) is 6.63. The summed E-state index contributed by atoms with van der Waals surface area (Å²) >= 11 is 0. The van der Waals surface area contributed by atoms with Gasteiger partial charge in [0.1, 0.15) is 0 Å².